The highest BCUT2D eigenvalue weighted by atomic mass is 32.1. The number of aryl methyl sites for hydroxylation is 1. The number of amides is 2. The molecule has 110 valence electrons. The SMILES string of the molecule is Cc1csc(NC(=O)N[C@H](Cc2ccccc2)C(=O)O)n1. The Morgan fingerprint density at radius 1 is 1.33 bits per heavy atom. The first-order valence-corrected chi connectivity index (χ1v) is 7.19. The van der Waals surface area contributed by atoms with Crippen LogP contribution in [0.5, 0.6) is 0 Å². The number of hydrogen-bond acceptors (Lipinski definition) is 4. The van der Waals surface area contributed by atoms with Crippen molar-refractivity contribution < 1.29 is 14.7 Å². The third kappa shape index (κ3) is 4.57. The van der Waals surface area contributed by atoms with Crippen molar-refractivity contribution in [2.45, 2.75) is 19.4 Å². The summed E-state index contributed by atoms with van der Waals surface area (Å²) in [4.78, 5) is 27.1. The quantitative estimate of drug-likeness (QED) is 0.790. The first kappa shape index (κ1) is 15.0. The molecule has 0 aliphatic rings. The molecule has 6 nitrogen and oxygen atoms in total. The number of carbonyl (C=O) groups is 2. The van der Waals surface area contributed by atoms with Crippen molar-refractivity contribution in [2.24, 2.45) is 0 Å². The number of nitrogens with one attached hydrogen (secondary N) is 2. The Morgan fingerprint density at radius 3 is 2.62 bits per heavy atom. The van der Waals surface area contributed by atoms with Crippen molar-refractivity contribution in [1.29, 1.82) is 0 Å². The Balaban J connectivity index is 1.96. The standard InChI is InChI=1S/C14H15N3O3S/c1-9-8-21-14(15-9)17-13(20)16-11(12(18)19)7-10-5-3-2-4-6-10/h2-6,8,11H,7H2,1H3,(H,18,19)(H2,15,16,17,20)/t11-/m1/s1. The normalized spacial score (nSPS) is 11.7. The van der Waals surface area contributed by atoms with Gasteiger partial charge in [-0.2, -0.15) is 0 Å². The first-order valence-electron chi connectivity index (χ1n) is 6.31. The van der Waals surface area contributed by atoms with Gasteiger partial charge < -0.3 is 10.4 Å². The van der Waals surface area contributed by atoms with E-state index in [9.17, 15) is 14.7 Å². The predicted molar refractivity (Wildman–Crippen MR) is 80.6 cm³/mol. The second-order valence-electron chi connectivity index (χ2n) is 4.47. The van der Waals surface area contributed by atoms with Crippen LogP contribution in [0.4, 0.5) is 9.93 Å². The number of nitrogens with zero attached hydrogens (tertiary/aromatic N) is 1. The Kier molecular flexibility index (Phi) is 4.89. The number of aliphatic carboxylic acids is 1. The van der Waals surface area contributed by atoms with Gasteiger partial charge in [0.05, 0.1) is 5.69 Å². The fourth-order valence-electron chi connectivity index (χ4n) is 1.75. The highest BCUT2D eigenvalue weighted by Gasteiger charge is 2.20. The lowest BCUT2D eigenvalue weighted by molar-refractivity contribution is -0.139. The zero-order chi connectivity index (χ0) is 15.2. The van der Waals surface area contributed by atoms with Gasteiger partial charge in [0.1, 0.15) is 6.04 Å². The van der Waals surface area contributed by atoms with Crippen LogP contribution in [0.1, 0.15) is 11.3 Å². The van der Waals surface area contributed by atoms with E-state index in [4.69, 9.17) is 0 Å². The van der Waals surface area contributed by atoms with Crippen LogP contribution in [-0.2, 0) is 11.2 Å². The molecule has 0 radical (unpaired) electrons. The van der Waals surface area contributed by atoms with Crippen molar-refractivity contribution in [2.75, 3.05) is 5.32 Å². The summed E-state index contributed by atoms with van der Waals surface area (Å²) < 4.78 is 0. The van der Waals surface area contributed by atoms with Gasteiger partial charge >= 0.3 is 12.0 Å². The number of hydrogen-bond donors (Lipinski definition) is 3. The molecule has 2 aromatic rings. The molecule has 0 saturated carbocycles. The van der Waals surface area contributed by atoms with Crippen LogP contribution in [0.3, 0.4) is 0 Å². The average Bonchev–Trinajstić information content (AvgIpc) is 2.84. The predicted octanol–water partition coefficient (Wildman–Crippen LogP) is 2.27. The molecule has 1 aromatic heterocycles. The molecule has 1 aromatic carbocycles. The second-order valence-corrected chi connectivity index (χ2v) is 5.33. The number of rotatable bonds is 5. The molecule has 1 atom stereocenters. The van der Waals surface area contributed by atoms with Crippen molar-refractivity contribution >= 4 is 28.5 Å². The van der Waals surface area contributed by atoms with Crippen LogP contribution in [0, 0.1) is 6.92 Å². The summed E-state index contributed by atoms with van der Waals surface area (Å²) in [6, 6.07) is 7.57. The number of carboxylic acid groups (broad SMARTS) is 1. The molecule has 2 amide bonds. The summed E-state index contributed by atoms with van der Waals surface area (Å²) in [5.41, 5.74) is 1.64. The van der Waals surface area contributed by atoms with Crippen LogP contribution in [0.25, 0.3) is 0 Å². The first-order chi connectivity index (χ1) is 10.0. The molecular weight excluding hydrogens is 290 g/mol. The maximum Gasteiger partial charge on any atom is 0.326 e. The number of benzene rings is 1. The van der Waals surface area contributed by atoms with Crippen LogP contribution in [0.15, 0.2) is 35.7 Å². The summed E-state index contributed by atoms with van der Waals surface area (Å²) >= 11 is 1.29. The highest BCUT2D eigenvalue weighted by molar-refractivity contribution is 7.13. The van der Waals surface area contributed by atoms with Gasteiger partial charge in [-0.15, -0.1) is 11.3 Å². The van der Waals surface area contributed by atoms with Crippen molar-refractivity contribution in [3.63, 3.8) is 0 Å². The minimum absolute atomic E-state index is 0.223. The number of carbonyl (C=O) groups excluding carboxylic acids is 1. The molecule has 0 spiro atoms. The maximum atomic E-state index is 11.8. The van der Waals surface area contributed by atoms with Crippen molar-refractivity contribution in [3.05, 3.63) is 47.0 Å². The summed E-state index contributed by atoms with van der Waals surface area (Å²) in [7, 11) is 0. The largest absolute Gasteiger partial charge is 0.480 e. The molecule has 0 aliphatic heterocycles. The molecule has 7 heteroatoms. The summed E-state index contributed by atoms with van der Waals surface area (Å²) in [6.07, 6.45) is 0.223. The minimum atomic E-state index is -1.08. The van der Waals surface area contributed by atoms with Crippen molar-refractivity contribution in [1.82, 2.24) is 10.3 Å². The Bertz CT molecular complexity index is 627. The van der Waals surface area contributed by atoms with E-state index in [0.717, 1.165) is 11.3 Å². The van der Waals surface area contributed by atoms with Crippen molar-refractivity contribution in [3.8, 4) is 0 Å². The number of thiazole rings is 1. The fraction of sp³-hybridized carbons (Fsp3) is 0.214. The number of anilines is 1. The van der Waals surface area contributed by atoms with E-state index in [0.29, 0.717) is 5.13 Å². The van der Waals surface area contributed by atoms with Crippen LogP contribution < -0.4 is 10.6 Å². The molecule has 0 aliphatic carbocycles. The van der Waals surface area contributed by atoms with Crippen LogP contribution in [0.2, 0.25) is 0 Å². The molecule has 0 saturated heterocycles. The average molecular weight is 305 g/mol. The summed E-state index contributed by atoms with van der Waals surface area (Å²) in [6.45, 7) is 1.81. The molecule has 21 heavy (non-hydrogen) atoms. The van der Waals surface area contributed by atoms with Gasteiger partial charge in [-0.05, 0) is 12.5 Å². The number of aromatic nitrogens is 1. The van der Waals surface area contributed by atoms with Gasteiger partial charge in [0.15, 0.2) is 5.13 Å². The Labute approximate surface area is 125 Å². The fourth-order valence-corrected chi connectivity index (χ4v) is 2.44. The smallest absolute Gasteiger partial charge is 0.326 e. The molecule has 0 fully saturated rings. The molecule has 2 rings (SSSR count). The maximum absolute atomic E-state index is 11.8. The van der Waals surface area contributed by atoms with E-state index in [1.54, 1.807) is 5.38 Å². The van der Waals surface area contributed by atoms with Gasteiger partial charge in [-0.1, -0.05) is 30.3 Å². The number of carboxylic acids is 1. The minimum Gasteiger partial charge on any atom is -0.480 e. The lowest BCUT2D eigenvalue weighted by Crippen LogP contribution is -2.44. The third-order valence-electron chi connectivity index (χ3n) is 2.73. The van der Waals surface area contributed by atoms with Gasteiger partial charge in [0, 0.05) is 11.8 Å². The van der Waals surface area contributed by atoms with Crippen LogP contribution in [-0.4, -0.2) is 28.1 Å². The second kappa shape index (κ2) is 6.85. The molecular formula is C14H15N3O3S. The van der Waals surface area contributed by atoms with Crippen LogP contribution >= 0.6 is 11.3 Å². The highest BCUT2D eigenvalue weighted by Crippen LogP contribution is 2.14. The lowest BCUT2D eigenvalue weighted by Gasteiger charge is -2.14. The monoisotopic (exact) mass is 305 g/mol. The van der Waals surface area contributed by atoms with E-state index in [-0.39, 0.29) is 6.42 Å². The zero-order valence-corrected chi connectivity index (χ0v) is 12.2. The Hall–Kier alpha value is -2.41. The van der Waals surface area contributed by atoms with Gasteiger partial charge in [-0.3, -0.25) is 5.32 Å². The van der Waals surface area contributed by atoms with Gasteiger partial charge in [0.2, 0.25) is 0 Å². The molecule has 0 bridgehead atoms. The summed E-state index contributed by atoms with van der Waals surface area (Å²) in [5, 5.41) is 16.4. The third-order valence-corrected chi connectivity index (χ3v) is 3.60. The molecule has 1 heterocycles. The zero-order valence-electron chi connectivity index (χ0n) is 11.4. The van der Waals surface area contributed by atoms with Gasteiger partial charge in [-0.25, -0.2) is 14.6 Å². The van der Waals surface area contributed by atoms with E-state index in [2.05, 4.69) is 15.6 Å². The molecule has 0 unspecified atom stereocenters. The van der Waals surface area contributed by atoms with E-state index >= 15 is 0 Å². The topological polar surface area (TPSA) is 91.3 Å². The number of urea groups is 1. The molecule has 3 N–H and O–H groups in total. The lowest BCUT2D eigenvalue weighted by atomic mass is 10.1. The van der Waals surface area contributed by atoms with E-state index < -0.39 is 18.0 Å². The van der Waals surface area contributed by atoms with Gasteiger partial charge in [0.25, 0.3) is 0 Å². The van der Waals surface area contributed by atoms with E-state index in [1.807, 2.05) is 37.3 Å². The summed E-state index contributed by atoms with van der Waals surface area (Å²) in [5.74, 6) is -1.08. The van der Waals surface area contributed by atoms with E-state index in [1.165, 1.54) is 11.3 Å². The Morgan fingerprint density at radius 2 is 2.05 bits per heavy atom.